The van der Waals surface area contributed by atoms with Crippen LogP contribution in [-0.2, 0) is 6.54 Å². The molecule has 0 radical (unpaired) electrons. The van der Waals surface area contributed by atoms with Gasteiger partial charge in [0.15, 0.2) is 0 Å². The van der Waals surface area contributed by atoms with Crippen molar-refractivity contribution in [2.24, 2.45) is 0 Å². The third-order valence-electron chi connectivity index (χ3n) is 3.15. The number of hydrogen-bond acceptors (Lipinski definition) is 2. The number of halogens is 1. The first kappa shape index (κ1) is 14.5. The Balaban J connectivity index is 2.25. The normalized spacial score (nSPS) is 10.6. The van der Waals surface area contributed by atoms with E-state index < -0.39 is 0 Å². The Morgan fingerprint density at radius 3 is 2.60 bits per heavy atom. The summed E-state index contributed by atoms with van der Waals surface area (Å²) in [6.45, 7) is 7.48. The molecule has 0 amide bonds. The minimum atomic E-state index is -0.247. The van der Waals surface area contributed by atoms with Crippen LogP contribution in [0, 0.1) is 19.7 Å². The number of benzene rings is 2. The first-order chi connectivity index (χ1) is 9.60. The van der Waals surface area contributed by atoms with Gasteiger partial charge in [-0.25, -0.2) is 4.39 Å². The summed E-state index contributed by atoms with van der Waals surface area (Å²) in [5, 5.41) is 3.28. The van der Waals surface area contributed by atoms with Gasteiger partial charge >= 0.3 is 0 Å². The van der Waals surface area contributed by atoms with E-state index in [2.05, 4.69) is 18.3 Å². The van der Waals surface area contributed by atoms with Gasteiger partial charge in [0.2, 0.25) is 0 Å². The summed E-state index contributed by atoms with van der Waals surface area (Å²) in [4.78, 5) is 0. The monoisotopic (exact) mass is 273 g/mol. The molecule has 0 aliphatic rings. The minimum absolute atomic E-state index is 0.247. The van der Waals surface area contributed by atoms with Gasteiger partial charge in [-0.1, -0.05) is 30.7 Å². The molecule has 0 aromatic heterocycles. The third-order valence-corrected chi connectivity index (χ3v) is 3.15. The topological polar surface area (TPSA) is 21.3 Å². The van der Waals surface area contributed by atoms with Crippen LogP contribution in [-0.4, -0.2) is 6.54 Å². The second-order valence-corrected chi connectivity index (χ2v) is 4.90. The van der Waals surface area contributed by atoms with Crippen molar-refractivity contribution in [3.63, 3.8) is 0 Å². The molecular weight excluding hydrogens is 253 g/mol. The highest BCUT2D eigenvalue weighted by Gasteiger charge is 2.07. The minimum Gasteiger partial charge on any atom is -0.457 e. The van der Waals surface area contributed by atoms with Gasteiger partial charge in [-0.2, -0.15) is 0 Å². The molecule has 2 rings (SSSR count). The van der Waals surface area contributed by atoms with Gasteiger partial charge in [-0.15, -0.1) is 0 Å². The standard InChI is InChI=1S/C17H20FNO/c1-4-19-11-14-9-12(2)5-8-17(14)20-15-7-6-13(3)16(18)10-15/h5-10,19H,4,11H2,1-3H3. The number of nitrogens with one attached hydrogen (secondary N) is 1. The predicted octanol–water partition coefficient (Wildman–Crippen LogP) is 4.34. The molecule has 0 saturated carbocycles. The van der Waals surface area contributed by atoms with E-state index >= 15 is 0 Å². The van der Waals surface area contributed by atoms with Crippen LogP contribution in [0.1, 0.15) is 23.6 Å². The van der Waals surface area contributed by atoms with Gasteiger partial charge in [0.1, 0.15) is 17.3 Å². The maximum Gasteiger partial charge on any atom is 0.131 e. The van der Waals surface area contributed by atoms with E-state index in [0.29, 0.717) is 11.3 Å². The first-order valence-electron chi connectivity index (χ1n) is 6.84. The van der Waals surface area contributed by atoms with Gasteiger partial charge < -0.3 is 10.1 Å². The largest absolute Gasteiger partial charge is 0.457 e. The van der Waals surface area contributed by atoms with Gasteiger partial charge in [-0.3, -0.25) is 0 Å². The molecular formula is C17H20FNO. The molecule has 3 heteroatoms. The molecule has 0 unspecified atom stereocenters. The van der Waals surface area contributed by atoms with Gasteiger partial charge in [0.25, 0.3) is 0 Å². The average Bonchev–Trinajstić information content (AvgIpc) is 2.43. The predicted molar refractivity (Wildman–Crippen MR) is 79.8 cm³/mol. The van der Waals surface area contributed by atoms with E-state index in [1.807, 2.05) is 19.1 Å². The lowest BCUT2D eigenvalue weighted by Crippen LogP contribution is -2.12. The molecule has 2 aromatic carbocycles. The van der Waals surface area contributed by atoms with Crippen LogP contribution in [0.15, 0.2) is 36.4 Å². The fourth-order valence-corrected chi connectivity index (χ4v) is 1.97. The van der Waals surface area contributed by atoms with Crippen molar-refractivity contribution in [2.45, 2.75) is 27.3 Å². The number of rotatable bonds is 5. The molecule has 106 valence electrons. The van der Waals surface area contributed by atoms with Crippen molar-refractivity contribution >= 4 is 0 Å². The smallest absolute Gasteiger partial charge is 0.131 e. The number of aryl methyl sites for hydroxylation is 2. The lowest BCUT2D eigenvalue weighted by Gasteiger charge is -2.13. The zero-order chi connectivity index (χ0) is 14.5. The lowest BCUT2D eigenvalue weighted by molar-refractivity contribution is 0.467. The molecule has 0 saturated heterocycles. The quantitative estimate of drug-likeness (QED) is 0.874. The molecule has 2 aromatic rings. The SMILES string of the molecule is CCNCc1cc(C)ccc1Oc1ccc(C)c(F)c1. The van der Waals surface area contributed by atoms with E-state index in [-0.39, 0.29) is 5.82 Å². The van der Waals surface area contributed by atoms with Crippen molar-refractivity contribution < 1.29 is 9.13 Å². The highest BCUT2D eigenvalue weighted by atomic mass is 19.1. The summed E-state index contributed by atoms with van der Waals surface area (Å²) in [5.41, 5.74) is 2.88. The van der Waals surface area contributed by atoms with Crippen molar-refractivity contribution in [1.29, 1.82) is 0 Å². The molecule has 0 spiro atoms. The molecule has 1 N–H and O–H groups in total. The van der Waals surface area contributed by atoms with Gasteiger partial charge in [0, 0.05) is 18.2 Å². The zero-order valence-electron chi connectivity index (χ0n) is 12.2. The van der Waals surface area contributed by atoms with Crippen LogP contribution in [0.4, 0.5) is 4.39 Å². The Morgan fingerprint density at radius 1 is 1.10 bits per heavy atom. The highest BCUT2D eigenvalue weighted by Crippen LogP contribution is 2.27. The van der Waals surface area contributed by atoms with Crippen molar-refractivity contribution in [1.82, 2.24) is 5.32 Å². The summed E-state index contributed by atoms with van der Waals surface area (Å²) in [6.07, 6.45) is 0. The third kappa shape index (κ3) is 3.58. The second-order valence-electron chi connectivity index (χ2n) is 4.90. The van der Waals surface area contributed by atoms with Crippen molar-refractivity contribution in [3.8, 4) is 11.5 Å². The van der Waals surface area contributed by atoms with Crippen LogP contribution in [0.25, 0.3) is 0 Å². The first-order valence-corrected chi connectivity index (χ1v) is 6.84. The molecule has 0 aliphatic heterocycles. The van der Waals surface area contributed by atoms with E-state index in [1.54, 1.807) is 19.1 Å². The summed E-state index contributed by atoms with van der Waals surface area (Å²) >= 11 is 0. The molecule has 0 fully saturated rings. The van der Waals surface area contributed by atoms with E-state index in [9.17, 15) is 4.39 Å². The fraction of sp³-hybridized carbons (Fsp3) is 0.294. The molecule has 0 heterocycles. The van der Waals surface area contributed by atoms with Gasteiger partial charge in [0.05, 0.1) is 0 Å². The Labute approximate surface area is 119 Å². The molecule has 0 atom stereocenters. The Kier molecular flexibility index (Phi) is 4.74. The van der Waals surface area contributed by atoms with Crippen LogP contribution in [0.3, 0.4) is 0 Å². The van der Waals surface area contributed by atoms with Gasteiger partial charge in [-0.05, 0) is 38.1 Å². The van der Waals surface area contributed by atoms with Crippen LogP contribution >= 0.6 is 0 Å². The number of ether oxygens (including phenoxy) is 1. The number of hydrogen-bond donors (Lipinski definition) is 1. The Hall–Kier alpha value is -1.87. The van der Waals surface area contributed by atoms with E-state index in [4.69, 9.17) is 4.74 Å². The summed E-state index contributed by atoms with van der Waals surface area (Å²) in [6, 6.07) is 10.9. The maximum absolute atomic E-state index is 13.6. The summed E-state index contributed by atoms with van der Waals surface area (Å²) in [7, 11) is 0. The van der Waals surface area contributed by atoms with Crippen LogP contribution in [0.5, 0.6) is 11.5 Å². The van der Waals surface area contributed by atoms with Crippen molar-refractivity contribution in [3.05, 3.63) is 58.9 Å². The molecule has 0 bridgehead atoms. The zero-order valence-corrected chi connectivity index (χ0v) is 12.2. The molecule has 20 heavy (non-hydrogen) atoms. The average molecular weight is 273 g/mol. The van der Waals surface area contributed by atoms with E-state index in [0.717, 1.165) is 24.4 Å². The van der Waals surface area contributed by atoms with Crippen LogP contribution < -0.4 is 10.1 Å². The summed E-state index contributed by atoms with van der Waals surface area (Å²) < 4.78 is 19.4. The summed E-state index contributed by atoms with van der Waals surface area (Å²) in [5.74, 6) is 1.04. The molecule has 2 nitrogen and oxygen atoms in total. The lowest BCUT2D eigenvalue weighted by atomic mass is 10.1. The van der Waals surface area contributed by atoms with Crippen LogP contribution in [0.2, 0.25) is 0 Å². The maximum atomic E-state index is 13.6. The fourth-order valence-electron chi connectivity index (χ4n) is 1.97. The Bertz CT molecular complexity index is 596. The highest BCUT2D eigenvalue weighted by molar-refractivity contribution is 5.41. The Morgan fingerprint density at radius 2 is 1.90 bits per heavy atom. The van der Waals surface area contributed by atoms with E-state index in [1.165, 1.54) is 11.6 Å². The van der Waals surface area contributed by atoms with Crippen molar-refractivity contribution in [2.75, 3.05) is 6.54 Å². The second kappa shape index (κ2) is 6.53. The molecule has 0 aliphatic carbocycles.